The number of halogens is 1. The molecule has 0 fully saturated rings. The van der Waals surface area contributed by atoms with E-state index in [1.165, 1.54) is 5.56 Å². The predicted molar refractivity (Wildman–Crippen MR) is 87.2 cm³/mol. The summed E-state index contributed by atoms with van der Waals surface area (Å²) < 4.78 is 14.0. The van der Waals surface area contributed by atoms with Crippen LogP contribution in [0, 0.1) is 12.7 Å². The van der Waals surface area contributed by atoms with Crippen molar-refractivity contribution in [2.45, 2.75) is 32.6 Å². The first kappa shape index (κ1) is 15.7. The van der Waals surface area contributed by atoms with E-state index < -0.39 is 0 Å². The van der Waals surface area contributed by atoms with Gasteiger partial charge in [0.2, 0.25) is 0 Å². The Bertz CT molecular complexity index is 551. The molecule has 2 aromatic rings. The molecule has 2 rings (SSSR count). The Kier molecular flexibility index (Phi) is 5.94. The van der Waals surface area contributed by atoms with Gasteiger partial charge in [0, 0.05) is 12.5 Å². The van der Waals surface area contributed by atoms with Gasteiger partial charge in [0.15, 0.2) is 0 Å². The first-order valence-electron chi connectivity index (χ1n) is 7.71. The largest absolute Gasteiger partial charge is 0.316 e. The summed E-state index contributed by atoms with van der Waals surface area (Å²) in [6, 6.07) is 15.7. The number of aryl methyl sites for hydroxylation is 1. The van der Waals surface area contributed by atoms with Gasteiger partial charge in [-0.1, -0.05) is 55.0 Å². The van der Waals surface area contributed by atoms with Gasteiger partial charge in [-0.25, -0.2) is 4.39 Å². The molecule has 2 heteroatoms. The van der Waals surface area contributed by atoms with Crippen molar-refractivity contribution in [1.29, 1.82) is 0 Å². The van der Waals surface area contributed by atoms with E-state index in [-0.39, 0.29) is 5.82 Å². The lowest BCUT2D eigenvalue weighted by Gasteiger charge is -2.19. The molecule has 112 valence electrons. The fourth-order valence-corrected chi connectivity index (χ4v) is 2.61. The van der Waals surface area contributed by atoms with Crippen LogP contribution in [0.25, 0.3) is 0 Å². The number of benzene rings is 2. The molecule has 0 spiro atoms. The third-order valence-corrected chi connectivity index (χ3v) is 3.76. The Balaban J connectivity index is 2.17. The second-order valence-corrected chi connectivity index (χ2v) is 5.61. The van der Waals surface area contributed by atoms with Gasteiger partial charge in [-0.3, -0.25) is 0 Å². The molecule has 0 aromatic heterocycles. The first-order valence-corrected chi connectivity index (χ1v) is 7.71. The van der Waals surface area contributed by atoms with Crippen LogP contribution in [0.4, 0.5) is 4.39 Å². The van der Waals surface area contributed by atoms with E-state index >= 15 is 0 Å². The summed E-state index contributed by atoms with van der Waals surface area (Å²) in [5.74, 6) is 0.200. The van der Waals surface area contributed by atoms with E-state index in [0.29, 0.717) is 5.92 Å². The molecule has 0 amide bonds. The lowest BCUT2D eigenvalue weighted by molar-refractivity contribution is 0.552. The molecule has 0 aliphatic rings. The van der Waals surface area contributed by atoms with Crippen LogP contribution in [0.3, 0.4) is 0 Å². The van der Waals surface area contributed by atoms with Crippen molar-refractivity contribution in [2.24, 2.45) is 0 Å². The van der Waals surface area contributed by atoms with E-state index in [2.05, 4.69) is 36.5 Å². The highest BCUT2D eigenvalue weighted by Gasteiger charge is 2.14. The molecular weight excluding hydrogens is 261 g/mol. The molecular formula is C19H24FN. The van der Waals surface area contributed by atoms with E-state index in [1.807, 2.05) is 25.1 Å². The highest BCUT2D eigenvalue weighted by Crippen LogP contribution is 2.22. The summed E-state index contributed by atoms with van der Waals surface area (Å²) in [4.78, 5) is 0. The van der Waals surface area contributed by atoms with Crippen molar-refractivity contribution in [3.63, 3.8) is 0 Å². The summed E-state index contributed by atoms with van der Waals surface area (Å²) in [5.41, 5.74) is 3.18. The van der Waals surface area contributed by atoms with Crippen LogP contribution in [0.2, 0.25) is 0 Å². The maximum absolute atomic E-state index is 14.0. The van der Waals surface area contributed by atoms with Crippen LogP contribution in [0.15, 0.2) is 48.5 Å². The molecule has 1 N–H and O–H groups in total. The molecule has 0 radical (unpaired) electrons. The van der Waals surface area contributed by atoms with Crippen LogP contribution >= 0.6 is 0 Å². The van der Waals surface area contributed by atoms with Crippen molar-refractivity contribution < 1.29 is 4.39 Å². The van der Waals surface area contributed by atoms with E-state index in [1.54, 1.807) is 6.07 Å². The van der Waals surface area contributed by atoms with E-state index in [4.69, 9.17) is 0 Å². The van der Waals surface area contributed by atoms with Crippen molar-refractivity contribution in [2.75, 3.05) is 13.1 Å². The second-order valence-electron chi connectivity index (χ2n) is 5.61. The lowest BCUT2D eigenvalue weighted by atomic mass is 9.91. The minimum absolute atomic E-state index is 0.1000. The zero-order valence-corrected chi connectivity index (χ0v) is 12.9. The quantitative estimate of drug-likeness (QED) is 0.741. The molecule has 1 unspecified atom stereocenters. The Morgan fingerprint density at radius 1 is 1.10 bits per heavy atom. The average Bonchev–Trinajstić information content (AvgIpc) is 2.51. The molecule has 0 heterocycles. The van der Waals surface area contributed by atoms with E-state index in [9.17, 15) is 4.39 Å². The van der Waals surface area contributed by atoms with Crippen LogP contribution < -0.4 is 5.32 Å². The van der Waals surface area contributed by atoms with Gasteiger partial charge in [0.05, 0.1) is 0 Å². The number of nitrogens with one attached hydrogen (secondary N) is 1. The minimum Gasteiger partial charge on any atom is -0.316 e. The summed E-state index contributed by atoms with van der Waals surface area (Å²) in [7, 11) is 0. The first-order chi connectivity index (χ1) is 10.2. The maximum atomic E-state index is 14.0. The standard InChI is InChI=1S/C19H24FN/c1-3-11-21-14-18(16-7-5-4-6-8-16)13-17-12-15(2)9-10-19(17)20/h4-10,12,18,21H,3,11,13-14H2,1-2H3. The van der Waals surface area contributed by atoms with Gasteiger partial charge >= 0.3 is 0 Å². The topological polar surface area (TPSA) is 12.0 Å². The highest BCUT2D eigenvalue weighted by molar-refractivity contribution is 5.28. The van der Waals surface area contributed by atoms with Gasteiger partial charge in [-0.15, -0.1) is 0 Å². The Hall–Kier alpha value is -1.67. The Morgan fingerprint density at radius 2 is 1.86 bits per heavy atom. The van der Waals surface area contributed by atoms with E-state index in [0.717, 1.165) is 37.1 Å². The van der Waals surface area contributed by atoms with Gasteiger partial charge in [0.25, 0.3) is 0 Å². The van der Waals surface area contributed by atoms with Crippen molar-refractivity contribution in [3.05, 3.63) is 71.0 Å². The molecule has 2 aromatic carbocycles. The molecule has 0 saturated heterocycles. The SMILES string of the molecule is CCCNCC(Cc1cc(C)ccc1F)c1ccccc1. The monoisotopic (exact) mass is 285 g/mol. The predicted octanol–water partition coefficient (Wildman–Crippen LogP) is 4.46. The number of rotatable bonds is 7. The molecule has 0 aliphatic carbocycles. The maximum Gasteiger partial charge on any atom is 0.126 e. The van der Waals surface area contributed by atoms with Crippen molar-refractivity contribution in [3.8, 4) is 0 Å². The average molecular weight is 285 g/mol. The molecule has 21 heavy (non-hydrogen) atoms. The third kappa shape index (κ3) is 4.68. The van der Waals surface area contributed by atoms with Crippen LogP contribution in [0.1, 0.15) is 36.0 Å². The fourth-order valence-electron chi connectivity index (χ4n) is 2.61. The van der Waals surface area contributed by atoms with Gasteiger partial charge in [-0.2, -0.15) is 0 Å². The van der Waals surface area contributed by atoms with Gasteiger partial charge < -0.3 is 5.32 Å². The van der Waals surface area contributed by atoms with Crippen molar-refractivity contribution in [1.82, 2.24) is 5.32 Å². The zero-order valence-electron chi connectivity index (χ0n) is 12.9. The highest BCUT2D eigenvalue weighted by atomic mass is 19.1. The van der Waals surface area contributed by atoms with Gasteiger partial charge in [-0.05, 0) is 43.5 Å². The molecule has 1 nitrogen and oxygen atoms in total. The number of hydrogen-bond donors (Lipinski definition) is 1. The van der Waals surface area contributed by atoms with Crippen molar-refractivity contribution >= 4 is 0 Å². The summed E-state index contributed by atoms with van der Waals surface area (Å²) >= 11 is 0. The molecule has 0 bridgehead atoms. The van der Waals surface area contributed by atoms with Crippen LogP contribution in [-0.2, 0) is 6.42 Å². The third-order valence-electron chi connectivity index (χ3n) is 3.76. The lowest BCUT2D eigenvalue weighted by Crippen LogP contribution is -2.24. The Morgan fingerprint density at radius 3 is 2.57 bits per heavy atom. The van der Waals surface area contributed by atoms with Gasteiger partial charge in [0.1, 0.15) is 5.82 Å². The summed E-state index contributed by atoms with van der Waals surface area (Å²) in [6.07, 6.45) is 1.84. The smallest absolute Gasteiger partial charge is 0.126 e. The van der Waals surface area contributed by atoms with Crippen LogP contribution in [-0.4, -0.2) is 13.1 Å². The minimum atomic E-state index is -0.1000. The summed E-state index contributed by atoms with van der Waals surface area (Å²) in [6.45, 7) is 6.05. The fraction of sp³-hybridized carbons (Fsp3) is 0.368. The van der Waals surface area contributed by atoms with Crippen LogP contribution in [0.5, 0.6) is 0 Å². The molecule has 1 atom stereocenters. The molecule has 0 saturated carbocycles. The number of hydrogen-bond acceptors (Lipinski definition) is 1. The summed E-state index contributed by atoms with van der Waals surface area (Å²) in [5, 5.41) is 3.47. The second kappa shape index (κ2) is 7.94. The Labute approximate surface area is 127 Å². The molecule has 0 aliphatic heterocycles. The zero-order chi connectivity index (χ0) is 15.1. The normalized spacial score (nSPS) is 12.3.